The maximum Gasteiger partial charge on any atom is 0.416 e. The standard InChI is InChI=1S/C17H11F3O/c18-17(19,20)14-7-5-11(6-8-14)9-13-10-12-3-1-2-4-15(12)16(13)21/h1-9H,10H2/b13-9+. The summed E-state index contributed by atoms with van der Waals surface area (Å²) in [5.74, 6) is -0.0505. The quantitative estimate of drug-likeness (QED) is 0.705. The first kappa shape index (κ1) is 13.6. The fourth-order valence-electron chi connectivity index (χ4n) is 2.44. The normalized spacial score (nSPS) is 16.3. The van der Waals surface area contributed by atoms with Gasteiger partial charge in [0.25, 0.3) is 0 Å². The van der Waals surface area contributed by atoms with Crippen LogP contribution in [0.3, 0.4) is 0 Å². The van der Waals surface area contributed by atoms with E-state index in [9.17, 15) is 18.0 Å². The van der Waals surface area contributed by atoms with Crippen LogP contribution in [-0.4, -0.2) is 5.78 Å². The maximum atomic E-state index is 12.5. The van der Waals surface area contributed by atoms with Crippen molar-refractivity contribution >= 4 is 11.9 Å². The Labute approximate surface area is 119 Å². The number of allylic oxidation sites excluding steroid dienone is 1. The van der Waals surface area contributed by atoms with Crippen LogP contribution in [-0.2, 0) is 12.6 Å². The van der Waals surface area contributed by atoms with E-state index in [1.807, 2.05) is 12.1 Å². The largest absolute Gasteiger partial charge is 0.416 e. The van der Waals surface area contributed by atoms with Crippen molar-refractivity contribution in [2.75, 3.05) is 0 Å². The number of ketones is 1. The monoisotopic (exact) mass is 288 g/mol. The van der Waals surface area contributed by atoms with E-state index in [0.717, 1.165) is 17.7 Å². The lowest BCUT2D eigenvalue weighted by atomic mass is 10.1. The summed E-state index contributed by atoms with van der Waals surface area (Å²) in [4.78, 5) is 12.2. The second-order valence-electron chi connectivity index (χ2n) is 4.95. The molecule has 2 aromatic rings. The Balaban J connectivity index is 1.89. The van der Waals surface area contributed by atoms with E-state index in [2.05, 4.69) is 0 Å². The predicted molar refractivity (Wildman–Crippen MR) is 73.9 cm³/mol. The summed E-state index contributed by atoms with van der Waals surface area (Å²) in [6.07, 6.45) is -2.16. The Morgan fingerprint density at radius 1 is 0.952 bits per heavy atom. The first-order chi connectivity index (χ1) is 9.95. The minimum Gasteiger partial charge on any atom is -0.289 e. The smallest absolute Gasteiger partial charge is 0.289 e. The van der Waals surface area contributed by atoms with Gasteiger partial charge < -0.3 is 0 Å². The second kappa shape index (κ2) is 4.88. The van der Waals surface area contributed by atoms with Crippen LogP contribution in [0, 0.1) is 0 Å². The van der Waals surface area contributed by atoms with E-state index < -0.39 is 11.7 Å². The third-order valence-electron chi connectivity index (χ3n) is 3.51. The third kappa shape index (κ3) is 2.61. The zero-order valence-electron chi connectivity index (χ0n) is 10.9. The number of fused-ring (bicyclic) bond motifs is 1. The molecule has 2 aromatic carbocycles. The van der Waals surface area contributed by atoms with Crippen LogP contribution in [0.5, 0.6) is 0 Å². The topological polar surface area (TPSA) is 17.1 Å². The Bertz CT molecular complexity index is 724. The van der Waals surface area contributed by atoms with Gasteiger partial charge in [-0.1, -0.05) is 36.4 Å². The minimum absolute atomic E-state index is 0.0505. The molecule has 1 aliphatic carbocycles. The van der Waals surface area contributed by atoms with E-state index in [1.165, 1.54) is 12.1 Å². The molecular formula is C17H11F3O. The van der Waals surface area contributed by atoms with Gasteiger partial charge in [0.05, 0.1) is 5.56 Å². The highest BCUT2D eigenvalue weighted by Crippen LogP contribution is 2.30. The fourth-order valence-corrected chi connectivity index (χ4v) is 2.44. The molecule has 106 valence electrons. The second-order valence-corrected chi connectivity index (χ2v) is 4.95. The molecule has 0 aliphatic heterocycles. The first-order valence-electron chi connectivity index (χ1n) is 6.45. The Morgan fingerprint density at radius 3 is 2.24 bits per heavy atom. The van der Waals surface area contributed by atoms with E-state index >= 15 is 0 Å². The lowest BCUT2D eigenvalue weighted by molar-refractivity contribution is -0.137. The van der Waals surface area contributed by atoms with Crippen molar-refractivity contribution in [1.82, 2.24) is 0 Å². The molecule has 1 nitrogen and oxygen atoms in total. The first-order valence-corrected chi connectivity index (χ1v) is 6.45. The van der Waals surface area contributed by atoms with Crippen molar-refractivity contribution in [1.29, 1.82) is 0 Å². The van der Waals surface area contributed by atoms with Crippen molar-refractivity contribution in [2.24, 2.45) is 0 Å². The molecule has 0 saturated carbocycles. The van der Waals surface area contributed by atoms with Gasteiger partial charge in [0, 0.05) is 17.6 Å². The molecule has 0 heterocycles. The maximum absolute atomic E-state index is 12.5. The lowest BCUT2D eigenvalue weighted by Crippen LogP contribution is -2.04. The van der Waals surface area contributed by atoms with Crippen LogP contribution >= 0.6 is 0 Å². The molecular weight excluding hydrogens is 277 g/mol. The van der Waals surface area contributed by atoms with Gasteiger partial charge >= 0.3 is 6.18 Å². The molecule has 0 amide bonds. The number of benzene rings is 2. The number of rotatable bonds is 1. The molecule has 1 aliphatic rings. The van der Waals surface area contributed by atoms with Crippen LogP contribution in [0.1, 0.15) is 27.0 Å². The van der Waals surface area contributed by atoms with Crippen molar-refractivity contribution in [3.05, 3.63) is 76.4 Å². The molecule has 0 atom stereocenters. The summed E-state index contributed by atoms with van der Waals surface area (Å²) in [5, 5.41) is 0. The molecule has 0 N–H and O–H groups in total. The Morgan fingerprint density at radius 2 is 1.62 bits per heavy atom. The number of Topliss-reactive ketones (excluding diaryl/α,β-unsaturated/α-hetero) is 1. The van der Waals surface area contributed by atoms with Crippen molar-refractivity contribution in [3.8, 4) is 0 Å². The Kier molecular flexibility index (Phi) is 3.16. The summed E-state index contributed by atoms with van der Waals surface area (Å²) in [7, 11) is 0. The van der Waals surface area contributed by atoms with E-state index in [4.69, 9.17) is 0 Å². The summed E-state index contributed by atoms with van der Waals surface area (Å²) >= 11 is 0. The average molecular weight is 288 g/mol. The lowest BCUT2D eigenvalue weighted by Gasteiger charge is -2.06. The van der Waals surface area contributed by atoms with Gasteiger partial charge in [0.15, 0.2) is 5.78 Å². The molecule has 0 spiro atoms. The predicted octanol–water partition coefficient (Wildman–Crippen LogP) is 4.53. The number of carbonyl (C=O) groups is 1. The van der Waals surface area contributed by atoms with Crippen LogP contribution in [0.2, 0.25) is 0 Å². The molecule has 3 rings (SSSR count). The molecule has 0 unspecified atom stereocenters. The van der Waals surface area contributed by atoms with Crippen LogP contribution in [0.25, 0.3) is 6.08 Å². The fraction of sp³-hybridized carbons (Fsp3) is 0.118. The van der Waals surface area contributed by atoms with Crippen LogP contribution in [0.4, 0.5) is 13.2 Å². The molecule has 0 fully saturated rings. The molecule has 21 heavy (non-hydrogen) atoms. The van der Waals surface area contributed by atoms with Gasteiger partial charge in [-0.2, -0.15) is 13.2 Å². The molecule has 0 saturated heterocycles. The van der Waals surface area contributed by atoms with Gasteiger partial charge in [0.2, 0.25) is 0 Å². The number of carbonyl (C=O) groups excluding carboxylic acids is 1. The van der Waals surface area contributed by atoms with Crippen molar-refractivity contribution in [3.63, 3.8) is 0 Å². The van der Waals surface area contributed by atoms with E-state index in [-0.39, 0.29) is 5.78 Å². The number of alkyl halides is 3. The third-order valence-corrected chi connectivity index (χ3v) is 3.51. The molecule has 0 aromatic heterocycles. The average Bonchev–Trinajstić information content (AvgIpc) is 2.76. The van der Waals surface area contributed by atoms with Crippen molar-refractivity contribution < 1.29 is 18.0 Å². The van der Waals surface area contributed by atoms with Gasteiger partial charge in [-0.3, -0.25) is 4.79 Å². The van der Waals surface area contributed by atoms with Gasteiger partial charge in [0.1, 0.15) is 0 Å². The van der Waals surface area contributed by atoms with Crippen molar-refractivity contribution in [2.45, 2.75) is 12.6 Å². The highest BCUT2D eigenvalue weighted by atomic mass is 19.4. The highest BCUT2D eigenvalue weighted by molar-refractivity contribution is 6.15. The van der Waals surface area contributed by atoms with Gasteiger partial charge in [-0.25, -0.2) is 0 Å². The minimum atomic E-state index is -4.34. The number of hydrogen-bond donors (Lipinski definition) is 0. The summed E-state index contributed by atoms with van der Waals surface area (Å²) in [6, 6.07) is 12.1. The van der Waals surface area contributed by atoms with Crippen LogP contribution in [0.15, 0.2) is 54.1 Å². The van der Waals surface area contributed by atoms with E-state index in [1.54, 1.807) is 18.2 Å². The summed E-state index contributed by atoms with van der Waals surface area (Å²) < 4.78 is 37.5. The van der Waals surface area contributed by atoms with Gasteiger partial charge in [-0.15, -0.1) is 0 Å². The van der Waals surface area contributed by atoms with E-state index in [0.29, 0.717) is 23.1 Å². The molecule has 4 heteroatoms. The zero-order chi connectivity index (χ0) is 15.0. The number of hydrogen-bond acceptors (Lipinski definition) is 1. The Hall–Kier alpha value is -2.36. The summed E-state index contributed by atoms with van der Waals surface area (Å²) in [6.45, 7) is 0. The highest BCUT2D eigenvalue weighted by Gasteiger charge is 2.30. The number of halogens is 3. The molecule has 0 radical (unpaired) electrons. The zero-order valence-corrected chi connectivity index (χ0v) is 10.9. The SMILES string of the molecule is O=C1/C(=C/c2ccc(C(F)(F)F)cc2)Cc2ccccc21. The summed E-state index contributed by atoms with van der Waals surface area (Å²) in [5.41, 5.74) is 2.15. The molecule has 0 bridgehead atoms. The van der Waals surface area contributed by atoms with Gasteiger partial charge in [-0.05, 0) is 29.3 Å². The van der Waals surface area contributed by atoms with Crippen LogP contribution < -0.4 is 0 Å².